The second-order valence-electron chi connectivity index (χ2n) is 5.58. The zero-order valence-corrected chi connectivity index (χ0v) is 12.2. The monoisotopic (exact) mass is 303 g/mol. The van der Waals surface area contributed by atoms with E-state index in [-0.39, 0.29) is 29.7 Å². The minimum atomic E-state index is -4.36. The average molecular weight is 304 g/mol. The van der Waals surface area contributed by atoms with Crippen molar-refractivity contribution in [3.63, 3.8) is 0 Å². The predicted octanol–water partition coefficient (Wildman–Crippen LogP) is 3.12. The number of hydrogen-bond donors (Lipinski definition) is 1. The molecule has 3 nitrogen and oxygen atoms in total. The Balaban J connectivity index is 3.65. The molecule has 0 aliphatic rings. The van der Waals surface area contributed by atoms with Gasteiger partial charge in [-0.2, -0.15) is 13.2 Å². The summed E-state index contributed by atoms with van der Waals surface area (Å²) in [7, 11) is 0. The molecule has 0 aliphatic heterocycles. The summed E-state index contributed by atoms with van der Waals surface area (Å²) in [4.78, 5) is 11.3. The molecule has 0 aromatic rings. The Morgan fingerprint density at radius 2 is 1.89 bits per heavy atom. The van der Waals surface area contributed by atoms with Gasteiger partial charge >= 0.3 is 6.18 Å². The average Bonchev–Trinajstić information content (AvgIpc) is 2.17. The number of rotatable bonds is 7. The van der Waals surface area contributed by atoms with Crippen LogP contribution in [0.1, 0.15) is 33.6 Å². The Bertz CT molecular complexity index is 277. The van der Waals surface area contributed by atoms with Gasteiger partial charge in [0.15, 0.2) is 0 Å². The van der Waals surface area contributed by atoms with Gasteiger partial charge in [-0.3, -0.25) is 4.79 Å². The number of amides is 1. The first-order valence-electron chi connectivity index (χ1n) is 6.05. The van der Waals surface area contributed by atoms with E-state index in [1.807, 2.05) is 20.8 Å². The van der Waals surface area contributed by atoms with Crippen molar-refractivity contribution in [1.29, 1.82) is 0 Å². The lowest BCUT2D eigenvalue weighted by Gasteiger charge is -2.21. The molecule has 0 bridgehead atoms. The van der Waals surface area contributed by atoms with Gasteiger partial charge in [0.2, 0.25) is 5.91 Å². The van der Waals surface area contributed by atoms with Crippen molar-refractivity contribution in [3.8, 4) is 0 Å². The van der Waals surface area contributed by atoms with E-state index in [0.717, 1.165) is 6.42 Å². The first-order valence-corrected chi connectivity index (χ1v) is 6.48. The van der Waals surface area contributed by atoms with Gasteiger partial charge in [-0.1, -0.05) is 20.8 Å². The van der Waals surface area contributed by atoms with Crippen LogP contribution in [0.15, 0.2) is 0 Å². The van der Waals surface area contributed by atoms with Gasteiger partial charge in [-0.25, -0.2) is 0 Å². The minimum absolute atomic E-state index is 0.0625. The summed E-state index contributed by atoms with van der Waals surface area (Å²) in [6, 6.07) is 0. The van der Waals surface area contributed by atoms with Crippen LogP contribution in [0.25, 0.3) is 0 Å². The van der Waals surface area contributed by atoms with Crippen LogP contribution in [0.3, 0.4) is 0 Å². The molecule has 1 atom stereocenters. The highest BCUT2D eigenvalue weighted by atomic mass is 35.5. The van der Waals surface area contributed by atoms with Crippen molar-refractivity contribution in [1.82, 2.24) is 5.32 Å². The third-order valence-corrected chi connectivity index (χ3v) is 2.40. The molecule has 0 spiro atoms. The number of nitrogens with one attached hydrogen (secondary N) is 1. The van der Waals surface area contributed by atoms with E-state index in [1.54, 1.807) is 0 Å². The lowest BCUT2D eigenvalue weighted by Crippen LogP contribution is -2.32. The van der Waals surface area contributed by atoms with E-state index < -0.39 is 12.8 Å². The van der Waals surface area contributed by atoms with Crippen LogP contribution in [0.4, 0.5) is 13.2 Å². The molecule has 1 N–H and O–H groups in total. The highest BCUT2D eigenvalue weighted by Crippen LogP contribution is 2.23. The lowest BCUT2D eigenvalue weighted by atomic mass is 9.90. The summed E-state index contributed by atoms with van der Waals surface area (Å²) in [5.41, 5.74) is 0.0625. The molecular weight excluding hydrogens is 283 g/mol. The van der Waals surface area contributed by atoms with Gasteiger partial charge in [0.1, 0.15) is 6.61 Å². The maximum absolute atomic E-state index is 11.7. The van der Waals surface area contributed by atoms with Gasteiger partial charge in [0, 0.05) is 13.0 Å². The van der Waals surface area contributed by atoms with Crippen LogP contribution in [-0.4, -0.2) is 37.2 Å². The molecule has 19 heavy (non-hydrogen) atoms. The first kappa shape index (κ1) is 18.5. The summed E-state index contributed by atoms with van der Waals surface area (Å²) in [6.45, 7) is 4.83. The topological polar surface area (TPSA) is 38.3 Å². The van der Waals surface area contributed by atoms with Crippen LogP contribution < -0.4 is 5.32 Å². The fraction of sp³-hybridized carbons (Fsp3) is 0.917. The summed E-state index contributed by atoms with van der Waals surface area (Å²) in [6.07, 6.45) is -3.72. The Morgan fingerprint density at radius 1 is 1.32 bits per heavy atom. The molecule has 0 saturated carbocycles. The van der Waals surface area contributed by atoms with Crippen LogP contribution >= 0.6 is 11.6 Å². The maximum Gasteiger partial charge on any atom is 0.411 e. The highest BCUT2D eigenvalue weighted by molar-refractivity contribution is 6.20. The van der Waals surface area contributed by atoms with Gasteiger partial charge in [0.25, 0.3) is 0 Å². The van der Waals surface area contributed by atoms with Crippen LogP contribution in [0.2, 0.25) is 0 Å². The molecule has 0 saturated heterocycles. The Morgan fingerprint density at radius 3 is 2.37 bits per heavy atom. The molecule has 1 amide bonds. The molecule has 0 aliphatic carbocycles. The standard InChI is InChI=1S/C12H21ClF3NO2/c1-11(2,3)6-9(13)7-17-10(18)4-5-19-8-12(14,15)16/h9H,4-8H2,1-3H3,(H,17,18). The number of carbonyl (C=O) groups is 1. The van der Waals surface area contributed by atoms with Gasteiger partial charge < -0.3 is 10.1 Å². The maximum atomic E-state index is 11.7. The normalized spacial score (nSPS) is 14.3. The van der Waals surface area contributed by atoms with Crippen molar-refractivity contribution in [2.75, 3.05) is 19.8 Å². The molecule has 0 radical (unpaired) electrons. The smallest absolute Gasteiger partial charge is 0.372 e. The Hall–Kier alpha value is -0.490. The van der Waals surface area contributed by atoms with Crippen molar-refractivity contribution >= 4 is 17.5 Å². The molecule has 0 fully saturated rings. The summed E-state index contributed by atoms with van der Waals surface area (Å²) < 4.78 is 39.6. The predicted molar refractivity (Wildman–Crippen MR) is 68.2 cm³/mol. The zero-order chi connectivity index (χ0) is 15.1. The van der Waals surface area contributed by atoms with Crippen molar-refractivity contribution in [3.05, 3.63) is 0 Å². The fourth-order valence-corrected chi connectivity index (χ4v) is 1.94. The van der Waals surface area contributed by atoms with Crippen LogP contribution in [-0.2, 0) is 9.53 Å². The third kappa shape index (κ3) is 13.7. The van der Waals surface area contributed by atoms with E-state index in [0.29, 0.717) is 6.54 Å². The number of ether oxygens (including phenoxy) is 1. The SMILES string of the molecule is CC(C)(C)CC(Cl)CNC(=O)CCOCC(F)(F)F. The Labute approximate surface area is 116 Å². The molecule has 7 heteroatoms. The van der Waals surface area contributed by atoms with E-state index in [1.165, 1.54) is 0 Å². The number of alkyl halides is 4. The largest absolute Gasteiger partial charge is 0.411 e. The number of carbonyl (C=O) groups excluding carboxylic acids is 1. The second-order valence-corrected chi connectivity index (χ2v) is 6.20. The molecule has 0 aromatic carbocycles. The molecule has 0 aromatic heterocycles. The minimum Gasteiger partial charge on any atom is -0.372 e. The van der Waals surface area contributed by atoms with Crippen molar-refractivity contribution in [2.24, 2.45) is 5.41 Å². The fourth-order valence-electron chi connectivity index (χ4n) is 1.40. The van der Waals surface area contributed by atoms with Crippen molar-refractivity contribution < 1.29 is 22.7 Å². The molecule has 114 valence electrons. The molecule has 0 rings (SSSR count). The van der Waals surface area contributed by atoms with Crippen molar-refractivity contribution in [2.45, 2.75) is 45.2 Å². The number of halogens is 4. The van der Waals surface area contributed by atoms with E-state index >= 15 is 0 Å². The lowest BCUT2D eigenvalue weighted by molar-refractivity contribution is -0.174. The highest BCUT2D eigenvalue weighted by Gasteiger charge is 2.27. The third-order valence-electron chi connectivity index (χ3n) is 2.09. The van der Waals surface area contributed by atoms with Gasteiger partial charge in [-0.05, 0) is 11.8 Å². The van der Waals surface area contributed by atoms with E-state index in [4.69, 9.17) is 11.6 Å². The van der Waals surface area contributed by atoms with E-state index in [9.17, 15) is 18.0 Å². The molecule has 0 heterocycles. The van der Waals surface area contributed by atoms with E-state index in [2.05, 4.69) is 10.1 Å². The van der Waals surface area contributed by atoms with Crippen LogP contribution in [0, 0.1) is 5.41 Å². The summed E-state index contributed by atoms with van der Waals surface area (Å²) in [5.74, 6) is -0.360. The summed E-state index contributed by atoms with van der Waals surface area (Å²) >= 11 is 6.04. The molecule has 1 unspecified atom stereocenters. The van der Waals surface area contributed by atoms with Crippen LogP contribution in [0.5, 0.6) is 0 Å². The Kier molecular flexibility index (Phi) is 7.74. The second kappa shape index (κ2) is 7.94. The quantitative estimate of drug-likeness (QED) is 0.580. The van der Waals surface area contributed by atoms with Gasteiger partial charge in [0.05, 0.1) is 12.0 Å². The zero-order valence-electron chi connectivity index (χ0n) is 11.4. The first-order chi connectivity index (χ1) is 8.49. The van der Waals surface area contributed by atoms with Gasteiger partial charge in [-0.15, -0.1) is 11.6 Å². The number of hydrogen-bond acceptors (Lipinski definition) is 2. The summed E-state index contributed by atoms with van der Waals surface area (Å²) in [5, 5.41) is 2.38. The molecular formula is C12H21ClF3NO2.